The summed E-state index contributed by atoms with van der Waals surface area (Å²) in [5, 5.41) is 3.60. The summed E-state index contributed by atoms with van der Waals surface area (Å²) in [6.45, 7) is 1.17. The number of hydrogen-bond donors (Lipinski definition) is 1. The van der Waals surface area contributed by atoms with Crippen LogP contribution >= 0.6 is 11.3 Å². The van der Waals surface area contributed by atoms with E-state index in [4.69, 9.17) is 0 Å². The molecule has 0 spiro atoms. The van der Waals surface area contributed by atoms with Crippen LogP contribution in [0, 0.1) is 0 Å². The summed E-state index contributed by atoms with van der Waals surface area (Å²) < 4.78 is 1.57. The van der Waals surface area contributed by atoms with Crippen LogP contribution in [0.3, 0.4) is 0 Å². The molecular formula is C24H26N4O3S. The summed E-state index contributed by atoms with van der Waals surface area (Å²) in [7, 11) is 0. The molecule has 0 radical (unpaired) electrons. The molecule has 2 aromatic heterocycles. The van der Waals surface area contributed by atoms with Gasteiger partial charge in [0, 0.05) is 30.9 Å². The number of amides is 2. The van der Waals surface area contributed by atoms with Crippen LogP contribution in [-0.4, -0.2) is 39.4 Å². The van der Waals surface area contributed by atoms with Crippen molar-refractivity contribution >= 4 is 33.4 Å². The maximum absolute atomic E-state index is 13.2. The summed E-state index contributed by atoms with van der Waals surface area (Å²) in [5.41, 5.74) is 2.06. The highest BCUT2D eigenvalue weighted by atomic mass is 32.1. The predicted molar refractivity (Wildman–Crippen MR) is 124 cm³/mol. The standard InChI is InChI=1S/C24H26N4O3S/c29-20-14-18(16-6-2-1-3-7-16)28(13-11-25-20)21(30)10-12-27-15-26-23-22(24(27)31)17-8-4-5-9-19(17)32-23/h1-3,6-7,15,18H,4-5,8-14H2,(H,25,29)/t18-/m0/s1. The third-order valence-electron chi connectivity index (χ3n) is 6.44. The molecule has 8 heteroatoms. The van der Waals surface area contributed by atoms with E-state index in [1.54, 1.807) is 27.1 Å². The highest BCUT2D eigenvalue weighted by Crippen LogP contribution is 2.33. The SMILES string of the molecule is O=C1C[C@@H](c2ccccc2)N(C(=O)CCn2cnc3sc4c(c3c2=O)CCCC4)CCN1. The van der Waals surface area contributed by atoms with Crippen LogP contribution in [0.25, 0.3) is 10.2 Å². The van der Waals surface area contributed by atoms with Crippen LogP contribution in [0.4, 0.5) is 0 Å². The molecule has 3 heterocycles. The minimum absolute atomic E-state index is 0.0467. The quantitative estimate of drug-likeness (QED) is 0.663. The van der Waals surface area contributed by atoms with Gasteiger partial charge < -0.3 is 10.2 Å². The minimum atomic E-state index is -0.299. The predicted octanol–water partition coefficient (Wildman–Crippen LogP) is 2.82. The number of fused-ring (bicyclic) bond motifs is 3. The number of carbonyl (C=O) groups is 2. The monoisotopic (exact) mass is 450 g/mol. The van der Waals surface area contributed by atoms with E-state index in [-0.39, 0.29) is 42.8 Å². The Hall–Kier alpha value is -3.00. The van der Waals surface area contributed by atoms with Gasteiger partial charge in [0.1, 0.15) is 4.83 Å². The number of nitrogens with one attached hydrogen (secondary N) is 1. The molecule has 32 heavy (non-hydrogen) atoms. The molecule has 166 valence electrons. The first-order valence-corrected chi connectivity index (χ1v) is 12.0. The van der Waals surface area contributed by atoms with Gasteiger partial charge >= 0.3 is 0 Å². The lowest BCUT2D eigenvalue weighted by Crippen LogP contribution is -2.37. The second kappa shape index (κ2) is 8.86. The number of hydrogen-bond acceptors (Lipinski definition) is 5. The van der Waals surface area contributed by atoms with E-state index >= 15 is 0 Å². The maximum Gasteiger partial charge on any atom is 0.262 e. The van der Waals surface area contributed by atoms with E-state index in [0.717, 1.165) is 47.0 Å². The fourth-order valence-electron chi connectivity index (χ4n) is 4.80. The van der Waals surface area contributed by atoms with Crippen molar-refractivity contribution in [1.29, 1.82) is 0 Å². The molecule has 5 rings (SSSR count). The molecule has 1 saturated heterocycles. The Morgan fingerprint density at radius 2 is 1.97 bits per heavy atom. The molecule has 7 nitrogen and oxygen atoms in total. The van der Waals surface area contributed by atoms with Crippen LogP contribution < -0.4 is 10.9 Å². The number of aryl methyl sites for hydroxylation is 3. The zero-order chi connectivity index (χ0) is 22.1. The molecule has 1 aromatic carbocycles. The van der Waals surface area contributed by atoms with Gasteiger partial charge in [-0.25, -0.2) is 4.98 Å². The van der Waals surface area contributed by atoms with E-state index in [1.165, 1.54) is 4.88 Å². The largest absolute Gasteiger partial charge is 0.354 e. The van der Waals surface area contributed by atoms with Crippen molar-refractivity contribution in [2.24, 2.45) is 0 Å². The fourth-order valence-corrected chi connectivity index (χ4v) is 6.02. The van der Waals surface area contributed by atoms with E-state index in [2.05, 4.69) is 10.3 Å². The molecule has 0 bridgehead atoms. The molecule has 1 fully saturated rings. The zero-order valence-electron chi connectivity index (χ0n) is 17.9. The normalized spacial score (nSPS) is 18.8. The van der Waals surface area contributed by atoms with Crippen molar-refractivity contribution in [3.8, 4) is 0 Å². The molecule has 2 amide bonds. The lowest BCUT2D eigenvalue weighted by Gasteiger charge is -2.29. The number of carbonyl (C=O) groups excluding carboxylic acids is 2. The van der Waals surface area contributed by atoms with Crippen LogP contribution in [0.2, 0.25) is 0 Å². The average Bonchev–Trinajstić information content (AvgIpc) is 3.08. The van der Waals surface area contributed by atoms with Crippen LogP contribution in [0.1, 0.15) is 47.7 Å². The summed E-state index contributed by atoms with van der Waals surface area (Å²) >= 11 is 1.63. The molecule has 1 N–H and O–H groups in total. The van der Waals surface area contributed by atoms with Gasteiger partial charge in [0.2, 0.25) is 11.8 Å². The topological polar surface area (TPSA) is 84.3 Å². The van der Waals surface area contributed by atoms with Gasteiger partial charge in [-0.15, -0.1) is 11.3 Å². The van der Waals surface area contributed by atoms with Crippen LogP contribution in [0.15, 0.2) is 41.5 Å². The first-order valence-electron chi connectivity index (χ1n) is 11.2. The highest BCUT2D eigenvalue weighted by Gasteiger charge is 2.29. The lowest BCUT2D eigenvalue weighted by atomic mass is 9.97. The van der Waals surface area contributed by atoms with Crippen molar-refractivity contribution in [1.82, 2.24) is 19.8 Å². The molecule has 0 saturated carbocycles. The van der Waals surface area contributed by atoms with Crippen molar-refractivity contribution in [3.05, 3.63) is 63.0 Å². The van der Waals surface area contributed by atoms with Crippen LogP contribution in [-0.2, 0) is 29.0 Å². The molecule has 3 aromatic rings. The van der Waals surface area contributed by atoms with Gasteiger partial charge in [0.15, 0.2) is 0 Å². The van der Waals surface area contributed by atoms with Gasteiger partial charge in [-0.05, 0) is 36.8 Å². The van der Waals surface area contributed by atoms with Gasteiger partial charge in [0.05, 0.1) is 24.2 Å². The summed E-state index contributed by atoms with van der Waals surface area (Å²) in [5.74, 6) is -0.114. The Bertz CT molecular complexity index is 1220. The molecule has 1 aliphatic heterocycles. The van der Waals surface area contributed by atoms with Gasteiger partial charge in [-0.2, -0.15) is 0 Å². The lowest BCUT2D eigenvalue weighted by molar-refractivity contribution is -0.134. The zero-order valence-corrected chi connectivity index (χ0v) is 18.7. The van der Waals surface area contributed by atoms with Crippen molar-refractivity contribution in [2.45, 2.75) is 51.1 Å². The van der Waals surface area contributed by atoms with Crippen molar-refractivity contribution < 1.29 is 9.59 Å². The maximum atomic E-state index is 13.2. The van der Waals surface area contributed by atoms with E-state index in [0.29, 0.717) is 13.1 Å². The molecule has 1 atom stereocenters. The fraction of sp³-hybridized carbons (Fsp3) is 0.417. The van der Waals surface area contributed by atoms with E-state index in [9.17, 15) is 14.4 Å². The second-order valence-electron chi connectivity index (χ2n) is 8.45. The Labute approximate surface area is 190 Å². The highest BCUT2D eigenvalue weighted by molar-refractivity contribution is 7.18. The summed E-state index contributed by atoms with van der Waals surface area (Å²) in [6.07, 6.45) is 6.23. The van der Waals surface area contributed by atoms with Gasteiger partial charge in [-0.1, -0.05) is 30.3 Å². The van der Waals surface area contributed by atoms with E-state index in [1.807, 2.05) is 30.3 Å². The molecular weight excluding hydrogens is 424 g/mol. The smallest absolute Gasteiger partial charge is 0.262 e. The molecule has 2 aliphatic rings. The van der Waals surface area contributed by atoms with Gasteiger partial charge in [-0.3, -0.25) is 19.0 Å². The number of aromatic nitrogens is 2. The first kappa shape index (κ1) is 20.9. The molecule has 1 aliphatic carbocycles. The number of benzene rings is 1. The Balaban J connectivity index is 1.37. The Morgan fingerprint density at radius 3 is 2.81 bits per heavy atom. The Morgan fingerprint density at radius 1 is 1.16 bits per heavy atom. The number of thiophene rings is 1. The number of rotatable bonds is 4. The summed E-state index contributed by atoms with van der Waals surface area (Å²) in [6, 6.07) is 9.36. The second-order valence-corrected chi connectivity index (χ2v) is 9.54. The van der Waals surface area contributed by atoms with Crippen molar-refractivity contribution in [3.63, 3.8) is 0 Å². The Kier molecular flexibility index (Phi) is 5.78. The van der Waals surface area contributed by atoms with E-state index < -0.39 is 0 Å². The third-order valence-corrected chi connectivity index (χ3v) is 7.64. The average molecular weight is 451 g/mol. The van der Waals surface area contributed by atoms with Gasteiger partial charge in [0.25, 0.3) is 5.56 Å². The first-order chi connectivity index (χ1) is 15.6. The third kappa shape index (κ3) is 3.95. The summed E-state index contributed by atoms with van der Waals surface area (Å²) in [4.78, 5) is 47.0. The molecule has 0 unspecified atom stereocenters. The minimum Gasteiger partial charge on any atom is -0.354 e. The van der Waals surface area contributed by atoms with Crippen molar-refractivity contribution in [2.75, 3.05) is 13.1 Å². The van der Waals surface area contributed by atoms with Crippen LogP contribution in [0.5, 0.6) is 0 Å². The number of nitrogens with zero attached hydrogens (tertiary/aromatic N) is 3.